The minimum absolute atomic E-state index is 0.114. The fraction of sp³-hybridized carbons (Fsp3) is 0.467. The molecule has 1 aliphatic rings. The van der Waals surface area contributed by atoms with Crippen LogP contribution in [0.5, 0.6) is 0 Å². The highest BCUT2D eigenvalue weighted by Crippen LogP contribution is 2.31. The maximum atomic E-state index is 12.4. The molecule has 21 heavy (non-hydrogen) atoms. The molecule has 4 N–H and O–H groups in total. The van der Waals surface area contributed by atoms with E-state index in [9.17, 15) is 9.59 Å². The Morgan fingerprint density at radius 3 is 2.76 bits per heavy atom. The molecule has 114 valence electrons. The molecule has 1 aromatic rings. The van der Waals surface area contributed by atoms with E-state index in [0.717, 1.165) is 12.8 Å². The predicted octanol–water partition coefficient (Wildman–Crippen LogP) is 2.99. The number of amides is 1. The van der Waals surface area contributed by atoms with Crippen molar-refractivity contribution in [2.45, 2.75) is 38.1 Å². The summed E-state index contributed by atoms with van der Waals surface area (Å²) in [5.74, 6) is -0.865. The maximum Gasteiger partial charge on any atom is 0.335 e. The van der Waals surface area contributed by atoms with Crippen molar-refractivity contribution in [3.05, 3.63) is 28.2 Å². The van der Waals surface area contributed by atoms with Crippen LogP contribution in [0.25, 0.3) is 0 Å². The van der Waals surface area contributed by atoms with Crippen LogP contribution in [0.3, 0.4) is 0 Å². The lowest BCUT2D eigenvalue weighted by Crippen LogP contribution is -2.53. The number of hydrogen-bond acceptors (Lipinski definition) is 3. The lowest BCUT2D eigenvalue weighted by molar-refractivity contribution is -0.122. The number of carbonyl (C=O) groups excluding carboxylic acids is 1. The summed E-state index contributed by atoms with van der Waals surface area (Å²) in [6, 6.07) is 4.58. The summed E-state index contributed by atoms with van der Waals surface area (Å²) >= 11 is 3.24. The molecule has 1 aliphatic carbocycles. The Morgan fingerprint density at radius 2 is 2.14 bits per heavy atom. The van der Waals surface area contributed by atoms with Crippen LogP contribution in [0, 0.1) is 5.92 Å². The number of nitrogens with one attached hydrogen (secondary N) is 1. The number of carboxylic acid groups (broad SMARTS) is 1. The van der Waals surface area contributed by atoms with Crippen molar-refractivity contribution in [1.29, 1.82) is 0 Å². The van der Waals surface area contributed by atoms with Gasteiger partial charge in [-0.05, 0) is 37.0 Å². The zero-order valence-electron chi connectivity index (χ0n) is 11.9. The first-order valence-corrected chi connectivity index (χ1v) is 7.74. The number of benzene rings is 1. The summed E-state index contributed by atoms with van der Waals surface area (Å²) in [5.41, 5.74) is 5.92. The van der Waals surface area contributed by atoms with Crippen LogP contribution in [0.2, 0.25) is 0 Å². The predicted molar refractivity (Wildman–Crippen MR) is 84.3 cm³/mol. The van der Waals surface area contributed by atoms with Crippen LogP contribution in [0.1, 0.15) is 43.0 Å². The number of carboxylic acids is 1. The van der Waals surface area contributed by atoms with E-state index in [1.807, 2.05) is 0 Å². The molecule has 2 rings (SSSR count). The number of halogens is 1. The molecule has 1 fully saturated rings. The zero-order chi connectivity index (χ0) is 15.6. The highest BCUT2D eigenvalue weighted by atomic mass is 79.9. The molecule has 1 aromatic carbocycles. The van der Waals surface area contributed by atoms with Crippen molar-refractivity contribution in [3.63, 3.8) is 0 Å². The Hall–Kier alpha value is -1.40. The Morgan fingerprint density at radius 1 is 1.43 bits per heavy atom. The number of anilines is 1. The molecule has 0 aromatic heterocycles. The average molecular weight is 355 g/mol. The summed E-state index contributed by atoms with van der Waals surface area (Å²) in [6.45, 7) is 2.09. The van der Waals surface area contributed by atoms with Gasteiger partial charge in [-0.15, -0.1) is 0 Å². The van der Waals surface area contributed by atoms with Gasteiger partial charge in [-0.25, -0.2) is 4.79 Å². The normalized spacial score (nSPS) is 25.4. The summed E-state index contributed by atoms with van der Waals surface area (Å²) in [6.07, 6.45) is 3.33. The number of aromatic carboxylic acids is 1. The summed E-state index contributed by atoms with van der Waals surface area (Å²) in [7, 11) is 0. The smallest absolute Gasteiger partial charge is 0.335 e. The van der Waals surface area contributed by atoms with Crippen molar-refractivity contribution < 1.29 is 14.7 Å². The second kappa shape index (κ2) is 6.15. The molecule has 2 unspecified atom stereocenters. The van der Waals surface area contributed by atoms with Gasteiger partial charge in [0.25, 0.3) is 0 Å². The molecule has 6 heteroatoms. The van der Waals surface area contributed by atoms with Gasteiger partial charge in [0, 0.05) is 10.2 Å². The van der Waals surface area contributed by atoms with Crippen LogP contribution in [0.15, 0.2) is 22.7 Å². The third-order valence-corrected chi connectivity index (χ3v) is 4.35. The monoisotopic (exact) mass is 354 g/mol. The topological polar surface area (TPSA) is 92.4 Å². The van der Waals surface area contributed by atoms with Gasteiger partial charge in [0.2, 0.25) is 5.91 Å². The van der Waals surface area contributed by atoms with Gasteiger partial charge in [0.1, 0.15) is 0 Å². The number of nitrogens with two attached hydrogens (primary N) is 1. The zero-order valence-corrected chi connectivity index (χ0v) is 13.4. The van der Waals surface area contributed by atoms with Gasteiger partial charge in [-0.2, -0.15) is 0 Å². The SMILES string of the molecule is CC1CCCC(N)(C(=O)Nc2cc(Br)cc(C(=O)O)c2)C1. The van der Waals surface area contributed by atoms with Gasteiger partial charge < -0.3 is 16.2 Å². The minimum atomic E-state index is -1.04. The summed E-state index contributed by atoms with van der Waals surface area (Å²) in [4.78, 5) is 23.5. The second-order valence-electron chi connectivity index (χ2n) is 5.85. The Kier molecular flexibility index (Phi) is 4.68. The molecule has 5 nitrogen and oxygen atoms in total. The van der Waals surface area contributed by atoms with Gasteiger partial charge in [-0.3, -0.25) is 4.79 Å². The summed E-state index contributed by atoms with van der Waals surface area (Å²) in [5, 5.41) is 11.8. The van der Waals surface area contributed by atoms with Crippen molar-refractivity contribution in [2.24, 2.45) is 11.7 Å². The van der Waals surface area contributed by atoms with Gasteiger partial charge in [-0.1, -0.05) is 35.7 Å². The van der Waals surface area contributed by atoms with E-state index >= 15 is 0 Å². The van der Waals surface area contributed by atoms with E-state index in [1.165, 1.54) is 12.1 Å². The standard InChI is InChI=1S/C15H19BrN2O3/c1-9-3-2-4-15(17,8-9)14(21)18-12-6-10(13(19)20)5-11(16)7-12/h5-7,9H,2-4,8,17H2,1H3,(H,18,21)(H,19,20). The van der Waals surface area contributed by atoms with E-state index in [1.54, 1.807) is 6.07 Å². The van der Waals surface area contributed by atoms with Crippen molar-refractivity contribution in [3.8, 4) is 0 Å². The van der Waals surface area contributed by atoms with Gasteiger partial charge >= 0.3 is 5.97 Å². The third-order valence-electron chi connectivity index (χ3n) is 3.89. The molecular weight excluding hydrogens is 336 g/mol. The van der Waals surface area contributed by atoms with E-state index in [4.69, 9.17) is 10.8 Å². The van der Waals surface area contributed by atoms with Crippen molar-refractivity contribution >= 4 is 33.5 Å². The van der Waals surface area contributed by atoms with Crippen LogP contribution in [-0.2, 0) is 4.79 Å². The molecule has 0 heterocycles. The molecule has 1 amide bonds. The van der Waals surface area contributed by atoms with Gasteiger partial charge in [0.05, 0.1) is 11.1 Å². The van der Waals surface area contributed by atoms with E-state index in [2.05, 4.69) is 28.2 Å². The third kappa shape index (κ3) is 3.83. The maximum absolute atomic E-state index is 12.4. The van der Waals surface area contributed by atoms with E-state index in [-0.39, 0.29) is 11.5 Å². The first-order valence-electron chi connectivity index (χ1n) is 6.94. The van der Waals surface area contributed by atoms with Crippen molar-refractivity contribution in [1.82, 2.24) is 0 Å². The first kappa shape index (κ1) is 16.0. The Labute approximate surface area is 132 Å². The lowest BCUT2D eigenvalue weighted by Gasteiger charge is -2.35. The number of rotatable bonds is 3. The van der Waals surface area contributed by atoms with E-state index < -0.39 is 11.5 Å². The van der Waals surface area contributed by atoms with Crippen LogP contribution in [-0.4, -0.2) is 22.5 Å². The lowest BCUT2D eigenvalue weighted by atomic mass is 9.76. The van der Waals surface area contributed by atoms with Crippen LogP contribution >= 0.6 is 15.9 Å². The van der Waals surface area contributed by atoms with Crippen molar-refractivity contribution in [2.75, 3.05) is 5.32 Å². The molecule has 0 spiro atoms. The number of carbonyl (C=O) groups is 2. The Balaban J connectivity index is 2.17. The van der Waals surface area contributed by atoms with E-state index in [0.29, 0.717) is 28.9 Å². The fourth-order valence-corrected chi connectivity index (χ4v) is 3.33. The Bertz CT molecular complexity index is 576. The largest absolute Gasteiger partial charge is 0.478 e. The molecule has 0 bridgehead atoms. The molecule has 2 atom stereocenters. The quantitative estimate of drug-likeness (QED) is 0.777. The summed E-state index contributed by atoms with van der Waals surface area (Å²) < 4.78 is 0.598. The average Bonchev–Trinajstić information content (AvgIpc) is 2.37. The van der Waals surface area contributed by atoms with Crippen LogP contribution in [0.4, 0.5) is 5.69 Å². The molecule has 0 aliphatic heterocycles. The number of hydrogen-bond donors (Lipinski definition) is 3. The highest BCUT2D eigenvalue weighted by molar-refractivity contribution is 9.10. The first-order chi connectivity index (χ1) is 9.80. The minimum Gasteiger partial charge on any atom is -0.478 e. The van der Waals surface area contributed by atoms with Crippen LogP contribution < -0.4 is 11.1 Å². The molecule has 0 saturated heterocycles. The second-order valence-corrected chi connectivity index (χ2v) is 6.76. The van der Waals surface area contributed by atoms with Gasteiger partial charge in [0.15, 0.2) is 0 Å². The molecule has 0 radical (unpaired) electrons. The highest BCUT2D eigenvalue weighted by Gasteiger charge is 2.38. The fourth-order valence-electron chi connectivity index (χ4n) is 2.84. The molecular formula is C15H19BrN2O3. The molecule has 1 saturated carbocycles.